The number of amides is 1. The maximum atomic E-state index is 11.7. The van der Waals surface area contributed by atoms with Gasteiger partial charge in [-0.1, -0.05) is 32.0 Å². The van der Waals surface area contributed by atoms with Gasteiger partial charge < -0.3 is 10.4 Å². The van der Waals surface area contributed by atoms with Gasteiger partial charge in [-0.05, 0) is 41.9 Å². The van der Waals surface area contributed by atoms with Gasteiger partial charge in [0.2, 0.25) is 5.91 Å². The number of aliphatic hydroxyl groups is 1. The van der Waals surface area contributed by atoms with E-state index in [2.05, 4.69) is 23.5 Å². The molecule has 104 valence electrons. The second kappa shape index (κ2) is 6.20. The molecule has 1 aromatic rings. The summed E-state index contributed by atoms with van der Waals surface area (Å²) in [6.07, 6.45) is 3.21. The summed E-state index contributed by atoms with van der Waals surface area (Å²) < 4.78 is 0. The maximum Gasteiger partial charge on any atom is 0.222 e. The lowest BCUT2D eigenvalue weighted by Gasteiger charge is -2.14. The van der Waals surface area contributed by atoms with Gasteiger partial charge in [-0.15, -0.1) is 0 Å². The zero-order valence-electron chi connectivity index (χ0n) is 11.8. The number of rotatable bonds is 5. The van der Waals surface area contributed by atoms with Gasteiger partial charge in [0.1, 0.15) is 0 Å². The van der Waals surface area contributed by atoms with Gasteiger partial charge in [0.05, 0.1) is 12.5 Å². The fourth-order valence-corrected chi connectivity index (χ4v) is 2.43. The molecule has 2 N–H and O–H groups in total. The normalized spacial score (nSPS) is 15.4. The highest BCUT2D eigenvalue weighted by atomic mass is 16.3. The second-order valence-corrected chi connectivity index (χ2v) is 5.75. The molecule has 3 heteroatoms. The summed E-state index contributed by atoms with van der Waals surface area (Å²) in [5.41, 5.74) is 4.02. The third-order valence-electron chi connectivity index (χ3n) is 3.82. The Hall–Kier alpha value is -1.35. The molecule has 0 saturated heterocycles. The van der Waals surface area contributed by atoms with Crippen LogP contribution in [0.3, 0.4) is 0 Å². The first kappa shape index (κ1) is 14.1. The number of hydrogen-bond donors (Lipinski definition) is 2. The van der Waals surface area contributed by atoms with Crippen LogP contribution in [0.15, 0.2) is 18.2 Å². The molecule has 1 aromatic carbocycles. The molecular formula is C16H23NO2. The first-order chi connectivity index (χ1) is 9.06. The second-order valence-electron chi connectivity index (χ2n) is 5.75. The molecular weight excluding hydrogens is 238 g/mol. The van der Waals surface area contributed by atoms with Crippen molar-refractivity contribution in [1.29, 1.82) is 0 Å². The molecule has 0 saturated carbocycles. The van der Waals surface area contributed by atoms with Crippen molar-refractivity contribution in [3.05, 3.63) is 34.9 Å². The van der Waals surface area contributed by atoms with E-state index >= 15 is 0 Å². The van der Waals surface area contributed by atoms with Crippen LogP contribution in [-0.2, 0) is 24.2 Å². The number of nitrogens with one attached hydrogen (secondary N) is 1. The van der Waals surface area contributed by atoms with E-state index in [1.165, 1.54) is 24.0 Å². The van der Waals surface area contributed by atoms with Gasteiger partial charge in [0.15, 0.2) is 0 Å². The summed E-state index contributed by atoms with van der Waals surface area (Å²) in [4.78, 5) is 11.7. The average molecular weight is 261 g/mol. The van der Waals surface area contributed by atoms with E-state index in [0.29, 0.717) is 6.54 Å². The molecule has 0 aromatic heterocycles. The van der Waals surface area contributed by atoms with Crippen molar-refractivity contribution < 1.29 is 9.90 Å². The number of carbonyl (C=O) groups is 1. The van der Waals surface area contributed by atoms with E-state index < -0.39 is 6.10 Å². The van der Waals surface area contributed by atoms with E-state index in [4.69, 9.17) is 0 Å². The minimum absolute atomic E-state index is 0.0818. The van der Waals surface area contributed by atoms with Crippen LogP contribution in [0.2, 0.25) is 0 Å². The van der Waals surface area contributed by atoms with Crippen LogP contribution in [0.4, 0.5) is 0 Å². The molecule has 1 aliphatic carbocycles. The van der Waals surface area contributed by atoms with E-state index in [1.807, 2.05) is 13.8 Å². The number of benzene rings is 1. The molecule has 1 unspecified atom stereocenters. The van der Waals surface area contributed by atoms with Crippen LogP contribution in [0.5, 0.6) is 0 Å². The van der Waals surface area contributed by atoms with Crippen LogP contribution in [0, 0.1) is 5.92 Å². The van der Waals surface area contributed by atoms with E-state index in [9.17, 15) is 9.90 Å². The summed E-state index contributed by atoms with van der Waals surface area (Å²) in [5, 5.41) is 12.5. The van der Waals surface area contributed by atoms with E-state index in [-0.39, 0.29) is 18.2 Å². The van der Waals surface area contributed by atoms with Crippen molar-refractivity contribution in [1.82, 2.24) is 5.32 Å². The lowest BCUT2D eigenvalue weighted by atomic mass is 10.0. The molecule has 3 nitrogen and oxygen atoms in total. The highest BCUT2D eigenvalue weighted by molar-refractivity contribution is 5.76. The van der Waals surface area contributed by atoms with Gasteiger partial charge in [0.25, 0.3) is 0 Å². The number of carbonyl (C=O) groups excluding carboxylic acids is 1. The van der Waals surface area contributed by atoms with Crippen LogP contribution >= 0.6 is 0 Å². The quantitative estimate of drug-likeness (QED) is 0.853. The largest absolute Gasteiger partial charge is 0.392 e. The number of hydrogen-bond acceptors (Lipinski definition) is 2. The Morgan fingerprint density at radius 2 is 2.05 bits per heavy atom. The number of aliphatic hydroxyl groups excluding tert-OH is 1. The minimum Gasteiger partial charge on any atom is -0.392 e. The Morgan fingerprint density at radius 1 is 1.32 bits per heavy atom. The average Bonchev–Trinajstić information content (AvgIpc) is 2.83. The Balaban J connectivity index is 1.84. The van der Waals surface area contributed by atoms with Crippen molar-refractivity contribution in [3.8, 4) is 0 Å². The fraction of sp³-hybridized carbons (Fsp3) is 0.562. The lowest BCUT2D eigenvalue weighted by Crippen LogP contribution is -2.29. The van der Waals surface area contributed by atoms with Crippen molar-refractivity contribution >= 4 is 5.91 Å². The summed E-state index contributed by atoms with van der Waals surface area (Å²) >= 11 is 0. The van der Waals surface area contributed by atoms with Crippen molar-refractivity contribution in [2.24, 2.45) is 5.92 Å². The monoisotopic (exact) mass is 261 g/mol. The van der Waals surface area contributed by atoms with Gasteiger partial charge in [-0.25, -0.2) is 0 Å². The summed E-state index contributed by atoms with van der Waals surface area (Å²) in [6.45, 7) is 4.38. The standard InChI is InChI=1S/C16H23NO2/c1-11(2)15(18)9-16(19)17-10-12-6-7-13-4-3-5-14(13)8-12/h6-8,11,15,18H,3-5,9-10H2,1-2H3,(H,17,19). The van der Waals surface area contributed by atoms with Crippen LogP contribution in [0.25, 0.3) is 0 Å². The van der Waals surface area contributed by atoms with Crippen molar-refractivity contribution in [3.63, 3.8) is 0 Å². The molecule has 0 bridgehead atoms. The summed E-state index contributed by atoms with van der Waals surface area (Å²) in [5.74, 6) is 0.0347. The first-order valence-corrected chi connectivity index (χ1v) is 7.11. The maximum absolute atomic E-state index is 11.7. The molecule has 0 fully saturated rings. The smallest absolute Gasteiger partial charge is 0.222 e. The predicted molar refractivity (Wildman–Crippen MR) is 75.8 cm³/mol. The van der Waals surface area contributed by atoms with Gasteiger partial charge >= 0.3 is 0 Å². The SMILES string of the molecule is CC(C)C(O)CC(=O)NCc1ccc2c(c1)CCC2. The highest BCUT2D eigenvalue weighted by Crippen LogP contribution is 2.22. The zero-order valence-corrected chi connectivity index (χ0v) is 11.8. The van der Waals surface area contributed by atoms with E-state index in [1.54, 1.807) is 0 Å². The van der Waals surface area contributed by atoms with Gasteiger partial charge in [-0.2, -0.15) is 0 Å². The topological polar surface area (TPSA) is 49.3 Å². The molecule has 0 spiro atoms. The molecule has 0 aliphatic heterocycles. The Labute approximate surface area is 115 Å². The molecule has 19 heavy (non-hydrogen) atoms. The molecule has 2 rings (SSSR count). The van der Waals surface area contributed by atoms with Crippen LogP contribution in [-0.4, -0.2) is 17.1 Å². The van der Waals surface area contributed by atoms with Crippen molar-refractivity contribution in [2.75, 3.05) is 0 Å². The number of aryl methyl sites for hydroxylation is 2. The molecule has 1 aliphatic rings. The van der Waals surface area contributed by atoms with Crippen LogP contribution in [0.1, 0.15) is 43.4 Å². The Bertz CT molecular complexity index is 454. The third-order valence-corrected chi connectivity index (χ3v) is 3.82. The Kier molecular flexibility index (Phi) is 4.59. The van der Waals surface area contributed by atoms with Gasteiger partial charge in [0, 0.05) is 6.54 Å². The highest BCUT2D eigenvalue weighted by Gasteiger charge is 2.14. The minimum atomic E-state index is -0.556. The summed E-state index contributed by atoms with van der Waals surface area (Å²) in [7, 11) is 0. The lowest BCUT2D eigenvalue weighted by molar-refractivity contribution is -0.123. The predicted octanol–water partition coefficient (Wildman–Crippen LogP) is 2.20. The van der Waals surface area contributed by atoms with E-state index in [0.717, 1.165) is 12.0 Å². The van der Waals surface area contributed by atoms with Crippen LogP contribution < -0.4 is 5.32 Å². The molecule has 1 amide bonds. The molecule has 1 atom stereocenters. The molecule has 0 heterocycles. The molecule has 0 radical (unpaired) electrons. The first-order valence-electron chi connectivity index (χ1n) is 7.11. The fourth-order valence-electron chi connectivity index (χ4n) is 2.43. The third kappa shape index (κ3) is 3.80. The van der Waals surface area contributed by atoms with Gasteiger partial charge in [-0.3, -0.25) is 4.79 Å². The van der Waals surface area contributed by atoms with Crippen molar-refractivity contribution in [2.45, 2.75) is 52.2 Å². The summed E-state index contributed by atoms with van der Waals surface area (Å²) in [6, 6.07) is 6.46. The number of fused-ring (bicyclic) bond motifs is 1. The Morgan fingerprint density at radius 3 is 2.79 bits per heavy atom. The zero-order chi connectivity index (χ0) is 13.8.